The fourth-order valence-corrected chi connectivity index (χ4v) is 3.73. The molecule has 2 amide bonds. The van der Waals surface area contributed by atoms with Gasteiger partial charge >= 0.3 is 12.0 Å². The molecule has 7 heteroatoms. The number of amides is 2. The van der Waals surface area contributed by atoms with Gasteiger partial charge in [0.05, 0.1) is 6.10 Å². The van der Waals surface area contributed by atoms with E-state index >= 15 is 0 Å². The Hall–Kier alpha value is -0.950. The maximum atomic E-state index is 12.4. The average Bonchev–Trinajstić information content (AvgIpc) is 2.69. The third-order valence-corrected chi connectivity index (χ3v) is 4.80. The summed E-state index contributed by atoms with van der Waals surface area (Å²) in [6.45, 7) is 5.50. The number of thioether (sulfide) groups is 1. The predicted molar refractivity (Wildman–Crippen MR) is 72.3 cm³/mol. The number of hydrogen-bond acceptors (Lipinski definition) is 4. The summed E-state index contributed by atoms with van der Waals surface area (Å²) in [5.41, 5.74) is 0. The van der Waals surface area contributed by atoms with E-state index in [2.05, 4.69) is 13.8 Å². The smallest absolute Gasteiger partial charge is 0.326 e. The summed E-state index contributed by atoms with van der Waals surface area (Å²) >= 11 is 1.81. The maximum absolute atomic E-state index is 12.4. The van der Waals surface area contributed by atoms with Gasteiger partial charge in [-0.05, 0) is 13.8 Å². The van der Waals surface area contributed by atoms with Crippen LogP contribution < -0.4 is 0 Å². The highest BCUT2D eigenvalue weighted by Gasteiger charge is 2.42. The normalized spacial score (nSPS) is 30.5. The van der Waals surface area contributed by atoms with Crippen LogP contribution in [-0.2, 0) is 4.79 Å². The molecule has 2 atom stereocenters. The van der Waals surface area contributed by atoms with Crippen molar-refractivity contribution in [3.63, 3.8) is 0 Å². The fraction of sp³-hybridized carbons (Fsp3) is 0.833. The van der Waals surface area contributed by atoms with Crippen LogP contribution in [0.2, 0.25) is 0 Å². The fourth-order valence-electron chi connectivity index (χ4n) is 2.62. The SMILES string of the molecule is CC1(C)CN(C(=O)N2C[C@H](O)C[C@@H]2C(=O)O)CCS1. The predicted octanol–water partition coefficient (Wildman–Crippen LogP) is 0.454. The van der Waals surface area contributed by atoms with E-state index in [9.17, 15) is 14.7 Å². The Labute approximate surface area is 116 Å². The van der Waals surface area contributed by atoms with E-state index in [-0.39, 0.29) is 23.7 Å². The lowest BCUT2D eigenvalue weighted by atomic mass is 10.2. The summed E-state index contributed by atoms with van der Waals surface area (Å²) in [5, 5.41) is 18.7. The lowest BCUT2D eigenvalue weighted by Crippen LogP contribution is -2.53. The van der Waals surface area contributed by atoms with Gasteiger partial charge in [-0.25, -0.2) is 9.59 Å². The average molecular weight is 288 g/mol. The van der Waals surface area contributed by atoms with Gasteiger partial charge < -0.3 is 20.0 Å². The van der Waals surface area contributed by atoms with Gasteiger partial charge in [0, 0.05) is 36.6 Å². The topological polar surface area (TPSA) is 81.1 Å². The molecule has 0 aliphatic carbocycles. The Kier molecular flexibility index (Phi) is 3.96. The number of likely N-dealkylation sites (tertiary alicyclic amines) is 1. The second kappa shape index (κ2) is 5.20. The standard InChI is InChI=1S/C12H20N2O4S/c1-12(2)7-13(3-4-19-12)11(18)14-6-8(15)5-9(14)10(16)17/h8-9,15H,3-7H2,1-2H3,(H,16,17)/t8-,9-/m1/s1. The molecule has 0 aromatic heterocycles. The van der Waals surface area contributed by atoms with Gasteiger partial charge in [0.2, 0.25) is 0 Å². The monoisotopic (exact) mass is 288 g/mol. The molecule has 0 radical (unpaired) electrons. The number of hydrogen-bond donors (Lipinski definition) is 2. The first-order valence-corrected chi connectivity index (χ1v) is 7.39. The number of β-amino-alcohol motifs (C(OH)–C–C–N with tert-alkyl or cyclic N) is 1. The highest BCUT2D eigenvalue weighted by molar-refractivity contribution is 8.00. The maximum Gasteiger partial charge on any atom is 0.326 e. The summed E-state index contributed by atoms with van der Waals surface area (Å²) in [4.78, 5) is 26.6. The van der Waals surface area contributed by atoms with E-state index in [1.165, 1.54) is 4.90 Å². The summed E-state index contributed by atoms with van der Waals surface area (Å²) in [6.07, 6.45) is -0.621. The highest BCUT2D eigenvalue weighted by Crippen LogP contribution is 2.31. The van der Waals surface area contributed by atoms with Gasteiger partial charge in [-0.3, -0.25) is 0 Å². The van der Waals surface area contributed by atoms with Crippen LogP contribution in [0, 0.1) is 0 Å². The summed E-state index contributed by atoms with van der Waals surface area (Å²) in [5.74, 6) is -0.192. The molecule has 0 spiro atoms. The molecular weight excluding hydrogens is 268 g/mol. The van der Waals surface area contributed by atoms with Crippen LogP contribution >= 0.6 is 11.8 Å². The minimum absolute atomic E-state index is 0.00896. The number of urea groups is 1. The lowest BCUT2D eigenvalue weighted by Gasteiger charge is -2.39. The molecular formula is C12H20N2O4S. The molecule has 2 aliphatic heterocycles. The Bertz CT molecular complexity index is 388. The molecule has 0 bridgehead atoms. The molecule has 2 saturated heterocycles. The van der Waals surface area contributed by atoms with Crippen molar-refractivity contribution in [2.45, 2.75) is 37.2 Å². The minimum Gasteiger partial charge on any atom is -0.480 e. The molecule has 0 unspecified atom stereocenters. The number of aliphatic hydroxyl groups is 1. The quantitative estimate of drug-likeness (QED) is 0.732. The first kappa shape index (κ1) is 14.5. The van der Waals surface area contributed by atoms with Crippen LogP contribution in [0.1, 0.15) is 20.3 Å². The van der Waals surface area contributed by atoms with Crippen LogP contribution in [0.4, 0.5) is 4.79 Å². The minimum atomic E-state index is -1.05. The summed E-state index contributed by atoms with van der Waals surface area (Å²) in [7, 11) is 0. The van der Waals surface area contributed by atoms with Crippen molar-refractivity contribution < 1.29 is 19.8 Å². The molecule has 0 aromatic rings. The van der Waals surface area contributed by atoms with Crippen molar-refractivity contribution in [2.24, 2.45) is 0 Å². The van der Waals surface area contributed by atoms with Gasteiger partial charge in [-0.1, -0.05) is 0 Å². The van der Waals surface area contributed by atoms with Crippen LogP contribution in [-0.4, -0.2) is 74.3 Å². The van der Waals surface area contributed by atoms with Gasteiger partial charge in [-0.15, -0.1) is 0 Å². The van der Waals surface area contributed by atoms with Crippen molar-refractivity contribution in [1.29, 1.82) is 0 Å². The van der Waals surface area contributed by atoms with Crippen LogP contribution in [0.25, 0.3) is 0 Å². The van der Waals surface area contributed by atoms with Crippen molar-refractivity contribution in [2.75, 3.05) is 25.4 Å². The molecule has 0 aromatic carbocycles. The Morgan fingerprint density at radius 2 is 2.05 bits per heavy atom. The number of nitrogens with zero attached hydrogens (tertiary/aromatic N) is 2. The van der Waals surface area contributed by atoms with Crippen LogP contribution in [0.3, 0.4) is 0 Å². The first-order chi connectivity index (χ1) is 8.80. The van der Waals surface area contributed by atoms with Crippen LogP contribution in [0.5, 0.6) is 0 Å². The van der Waals surface area contributed by atoms with Crippen LogP contribution in [0.15, 0.2) is 0 Å². The second-order valence-electron chi connectivity index (χ2n) is 5.71. The second-order valence-corrected chi connectivity index (χ2v) is 7.51. The number of rotatable bonds is 1. The number of aliphatic hydroxyl groups excluding tert-OH is 1. The summed E-state index contributed by atoms with van der Waals surface area (Å²) in [6, 6.07) is -1.17. The molecule has 0 saturated carbocycles. The van der Waals surface area contributed by atoms with Crippen molar-refractivity contribution in [1.82, 2.24) is 9.80 Å². The third-order valence-electron chi connectivity index (χ3n) is 3.51. The van der Waals surface area contributed by atoms with E-state index < -0.39 is 18.1 Å². The zero-order valence-electron chi connectivity index (χ0n) is 11.2. The van der Waals surface area contributed by atoms with E-state index in [4.69, 9.17) is 5.11 Å². The lowest BCUT2D eigenvalue weighted by molar-refractivity contribution is -0.141. The van der Waals surface area contributed by atoms with E-state index in [1.54, 1.807) is 4.90 Å². The Balaban J connectivity index is 2.08. The molecule has 6 nitrogen and oxygen atoms in total. The van der Waals surface area contributed by atoms with Crippen molar-refractivity contribution >= 4 is 23.8 Å². The zero-order valence-corrected chi connectivity index (χ0v) is 12.0. The molecule has 19 heavy (non-hydrogen) atoms. The molecule has 2 aliphatic rings. The zero-order chi connectivity index (χ0) is 14.2. The van der Waals surface area contributed by atoms with Crippen molar-refractivity contribution in [3.8, 4) is 0 Å². The van der Waals surface area contributed by atoms with Gasteiger partial charge in [0.15, 0.2) is 0 Å². The largest absolute Gasteiger partial charge is 0.480 e. The molecule has 2 fully saturated rings. The number of carboxylic acids is 1. The van der Waals surface area contributed by atoms with Gasteiger partial charge in [-0.2, -0.15) is 11.8 Å². The number of carbonyl (C=O) groups is 2. The number of carboxylic acid groups (broad SMARTS) is 1. The molecule has 2 rings (SSSR count). The van der Waals surface area contributed by atoms with Crippen molar-refractivity contribution in [3.05, 3.63) is 0 Å². The van der Waals surface area contributed by atoms with E-state index in [0.717, 1.165) is 5.75 Å². The van der Waals surface area contributed by atoms with Gasteiger partial charge in [0.25, 0.3) is 0 Å². The van der Waals surface area contributed by atoms with Gasteiger partial charge in [0.1, 0.15) is 6.04 Å². The number of carbonyl (C=O) groups excluding carboxylic acids is 1. The number of aliphatic carboxylic acids is 1. The molecule has 2 heterocycles. The first-order valence-electron chi connectivity index (χ1n) is 6.40. The summed E-state index contributed by atoms with van der Waals surface area (Å²) < 4.78 is -0.00896. The highest BCUT2D eigenvalue weighted by atomic mass is 32.2. The third kappa shape index (κ3) is 3.14. The van der Waals surface area contributed by atoms with E-state index in [1.807, 2.05) is 11.8 Å². The van der Waals surface area contributed by atoms with E-state index in [0.29, 0.717) is 13.1 Å². The Morgan fingerprint density at radius 3 is 2.63 bits per heavy atom. The Morgan fingerprint density at radius 1 is 1.37 bits per heavy atom. The molecule has 2 N–H and O–H groups in total. The molecule has 108 valence electrons.